The van der Waals surface area contributed by atoms with E-state index in [0.29, 0.717) is 0 Å². The molecule has 0 aliphatic carbocycles. The van der Waals surface area contributed by atoms with Crippen molar-refractivity contribution in [3.05, 3.63) is 64.2 Å². The van der Waals surface area contributed by atoms with Crippen LogP contribution in [0.4, 0.5) is 23.7 Å². The zero-order valence-corrected chi connectivity index (χ0v) is 16.3. The van der Waals surface area contributed by atoms with Gasteiger partial charge in [-0.25, -0.2) is 22.8 Å². The number of hydrogen-bond acceptors (Lipinski definition) is 3. The molecule has 1 aliphatic heterocycles. The number of methoxy groups -OCH3 is 1. The first-order chi connectivity index (χ1) is 13.8. The number of anilines is 1. The van der Waals surface area contributed by atoms with Crippen LogP contribution in [-0.2, 0) is 11.3 Å². The lowest BCUT2D eigenvalue weighted by molar-refractivity contribution is 0.0600. The topological polar surface area (TPSA) is 49.9 Å². The number of esters is 1. The predicted octanol–water partition coefficient (Wildman–Crippen LogP) is 4.58. The summed E-state index contributed by atoms with van der Waals surface area (Å²) in [6.07, 6.45) is -0.917. The van der Waals surface area contributed by atoms with E-state index in [1.165, 1.54) is 41.2 Å². The number of hydrogen-bond donors (Lipinski definition) is 0. The van der Waals surface area contributed by atoms with E-state index in [1.807, 2.05) is 0 Å². The molecular weight excluding hydrogens is 409 g/mol. The number of amides is 2. The molecular formula is C20H18ClF3N2O3. The average Bonchev–Trinajstić information content (AvgIpc) is 3.14. The Labute approximate surface area is 170 Å². The quantitative estimate of drug-likeness (QED) is 0.673. The van der Waals surface area contributed by atoms with Crippen molar-refractivity contribution in [1.82, 2.24) is 4.90 Å². The molecule has 0 unspecified atom stereocenters. The number of benzene rings is 2. The van der Waals surface area contributed by atoms with E-state index in [4.69, 9.17) is 11.6 Å². The maximum absolute atomic E-state index is 14.6. The van der Waals surface area contributed by atoms with E-state index in [-0.39, 0.29) is 47.9 Å². The highest BCUT2D eigenvalue weighted by atomic mass is 35.5. The molecule has 1 aliphatic rings. The summed E-state index contributed by atoms with van der Waals surface area (Å²) in [5.74, 6) is -2.08. The summed E-state index contributed by atoms with van der Waals surface area (Å²) in [4.78, 5) is 27.0. The SMILES string of the molecule is COC(=O)c1ccc(CN(C(=O)N2CC[C@H](F)C2)c2ccc(F)c(Cl)c2)c(F)c1. The Morgan fingerprint density at radius 3 is 2.55 bits per heavy atom. The van der Waals surface area contributed by atoms with Crippen LogP contribution in [0, 0.1) is 11.6 Å². The van der Waals surface area contributed by atoms with Gasteiger partial charge in [0.1, 0.15) is 17.8 Å². The predicted molar refractivity (Wildman–Crippen MR) is 102 cm³/mol. The van der Waals surface area contributed by atoms with Crippen molar-refractivity contribution >= 4 is 29.3 Å². The first kappa shape index (κ1) is 21.0. The van der Waals surface area contributed by atoms with Crippen LogP contribution in [0.15, 0.2) is 36.4 Å². The lowest BCUT2D eigenvalue weighted by Crippen LogP contribution is -2.42. The van der Waals surface area contributed by atoms with Gasteiger partial charge in [-0.1, -0.05) is 17.7 Å². The largest absolute Gasteiger partial charge is 0.465 e. The van der Waals surface area contributed by atoms with E-state index in [9.17, 15) is 22.8 Å². The molecule has 0 saturated carbocycles. The fourth-order valence-electron chi connectivity index (χ4n) is 3.08. The highest BCUT2D eigenvalue weighted by Gasteiger charge is 2.30. The number of rotatable bonds is 4. The number of likely N-dealkylation sites (tertiary alicyclic amines) is 1. The van der Waals surface area contributed by atoms with Gasteiger partial charge in [-0.15, -0.1) is 0 Å². The molecule has 154 valence electrons. The fraction of sp³-hybridized carbons (Fsp3) is 0.300. The van der Waals surface area contributed by atoms with E-state index >= 15 is 0 Å². The summed E-state index contributed by atoms with van der Waals surface area (Å²) in [6, 6.07) is 6.86. The second kappa shape index (κ2) is 8.73. The van der Waals surface area contributed by atoms with E-state index in [1.54, 1.807) is 0 Å². The third-order valence-electron chi connectivity index (χ3n) is 4.65. The highest BCUT2D eigenvalue weighted by Crippen LogP contribution is 2.27. The molecule has 9 heteroatoms. The van der Waals surface area contributed by atoms with Gasteiger partial charge in [0.25, 0.3) is 0 Å². The Morgan fingerprint density at radius 2 is 1.97 bits per heavy atom. The summed E-state index contributed by atoms with van der Waals surface area (Å²) < 4.78 is 46.3. The minimum Gasteiger partial charge on any atom is -0.465 e. The Hall–Kier alpha value is -2.74. The Bertz CT molecular complexity index is 941. The third-order valence-corrected chi connectivity index (χ3v) is 4.94. The molecule has 5 nitrogen and oxygen atoms in total. The highest BCUT2D eigenvalue weighted by molar-refractivity contribution is 6.31. The van der Waals surface area contributed by atoms with Crippen molar-refractivity contribution in [3.8, 4) is 0 Å². The third kappa shape index (κ3) is 4.64. The molecule has 2 aromatic rings. The molecule has 0 N–H and O–H groups in total. The lowest BCUT2D eigenvalue weighted by Gasteiger charge is -2.28. The van der Waals surface area contributed by atoms with Gasteiger partial charge in [0, 0.05) is 17.8 Å². The maximum Gasteiger partial charge on any atom is 0.337 e. The van der Waals surface area contributed by atoms with Crippen molar-refractivity contribution in [2.75, 3.05) is 25.1 Å². The smallest absolute Gasteiger partial charge is 0.337 e. The van der Waals surface area contributed by atoms with E-state index in [0.717, 1.165) is 12.1 Å². The van der Waals surface area contributed by atoms with Crippen LogP contribution in [0.2, 0.25) is 5.02 Å². The second-order valence-corrected chi connectivity index (χ2v) is 7.00. The first-order valence-corrected chi connectivity index (χ1v) is 9.20. The van der Waals surface area contributed by atoms with Crippen LogP contribution in [0.3, 0.4) is 0 Å². The fourth-order valence-corrected chi connectivity index (χ4v) is 3.25. The molecule has 1 saturated heterocycles. The molecule has 1 fully saturated rings. The van der Waals surface area contributed by atoms with Gasteiger partial charge < -0.3 is 9.64 Å². The number of nitrogens with zero attached hydrogens (tertiary/aromatic N) is 2. The molecule has 2 aromatic carbocycles. The first-order valence-electron chi connectivity index (χ1n) is 8.82. The van der Waals surface area contributed by atoms with Crippen LogP contribution in [0.1, 0.15) is 22.3 Å². The molecule has 0 radical (unpaired) electrons. The molecule has 29 heavy (non-hydrogen) atoms. The Balaban J connectivity index is 1.93. The zero-order valence-electron chi connectivity index (χ0n) is 15.5. The molecule has 0 spiro atoms. The van der Waals surface area contributed by atoms with Gasteiger partial charge in [-0.2, -0.15) is 0 Å². The normalized spacial score (nSPS) is 16.0. The minimum absolute atomic E-state index is 0.0243. The summed E-state index contributed by atoms with van der Waals surface area (Å²) in [5.41, 5.74) is 0.374. The monoisotopic (exact) mass is 426 g/mol. The van der Waals surface area contributed by atoms with Crippen LogP contribution >= 0.6 is 11.6 Å². The van der Waals surface area contributed by atoms with Gasteiger partial charge in [0.15, 0.2) is 0 Å². The number of carbonyl (C=O) groups excluding carboxylic acids is 2. The van der Waals surface area contributed by atoms with Crippen molar-refractivity contribution < 1.29 is 27.5 Å². The molecule has 1 atom stereocenters. The number of ether oxygens (including phenoxy) is 1. The molecule has 0 bridgehead atoms. The van der Waals surface area contributed by atoms with Crippen LogP contribution in [0.25, 0.3) is 0 Å². The maximum atomic E-state index is 14.6. The van der Waals surface area contributed by atoms with Crippen LogP contribution < -0.4 is 4.90 Å². The van der Waals surface area contributed by atoms with Crippen molar-refractivity contribution in [2.24, 2.45) is 0 Å². The van der Waals surface area contributed by atoms with E-state index in [2.05, 4.69) is 4.74 Å². The molecule has 2 amide bonds. The second-order valence-electron chi connectivity index (χ2n) is 6.60. The minimum atomic E-state index is -1.13. The summed E-state index contributed by atoms with van der Waals surface area (Å²) in [5, 5.41) is -0.202. The molecule has 0 aromatic heterocycles. The average molecular weight is 427 g/mol. The Kier molecular flexibility index (Phi) is 6.32. The van der Waals surface area contributed by atoms with Gasteiger partial charge in [-0.05, 0) is 36.8 Å². The number of carbonyl (C=O) groups is 2. The molecule has 1 heterocycles. The van der Waals surface area contributed by atoms with Crippen molar-refractivity contribution in [1.29, 1.82) is 0 Å². The van der Waals surface area contributed by atoms with E-state index < -0.39 is 29.8 Å². The van der Waals surface area contributed by atoms with Gasteiger partial charge in [0.05, 0.1) is 30.8 Å². The molecule has 3 rings (SSSR count). The summed E-state index contributed by atoms with van der Waals surface area (Å²) >= 11 is 5.84. The number of urea groups is 1. The van der Waals surface area contributed by atoms with Crippen LogP contribution in [0.5, 0.6) is 0 Å². The van der Waals surface area contributed by atoms with Gasteiger partial charge in [-0.3, -0.25) is 4.90 Å². The zero-order chi connectivity index (χ0) is 21.1. The summed E-state index contributed by atoms with van der Waals surface area (Å²) in [6.45, 7) is -0.0786. The number of alkyl halides is 1. The van der Waals surface area contributed by atoms with Crippen molar-refractivity contribution in [3.63, 3.8) is 0 Å². The lowest BCUT2D eigenvalue weighted by atomic mass is 10.1. The van der Waals surface area contributed by atoms with Crippen LogP contribution in [-0.4, -0.2) is 43.3 Å². The number of halogens is 4. The summed E-state index contributed by atoms with van der Waals surface area (Å²) in [7, 11) is 1.18. The Morgan fingerprint density at radius 1 is 1.21 bits per heavy atom. The van der Waals surface area contributed by atoms with Crippen molar-refractivity contribution in [2.45, 2.75) is 19.1 Å². The van der Waals surface area contributed by atoms with Gasteiger partial charge >= 0.3 is 12.0 Å². The standard InChI is InChI=1S/C20H18ClF3N2O3/c1-29-19(27)12-2-3-13(18(24)8-12)10-26(15-4-5-17(23)16(21)9-15)20(28)25-7-6-14(22)11-25/h2-5,8-9,14H,6-7,10-11H2,1H3/t14-/m0/s1. The van der Waals surface area contributed by atoms with Gasteiger partial charge in [0.2, 0.25) is 0 Å².